The number of nitrogens with one attached hydrogen (secondary N) is 2. The van der Waals surface area contributed by atoms with Crippen molar-refractivity contribution in [2.45, 2.75) is 6.18 Å². The van der Waals surface area contributed by atoms with Crippen molar-refractivity contribution in [3.63, 3.8) is 0 Å². The summed E-state index contributed by atoms with van der Waals surface area (Å²) < 4.78 is 43.2. The van der Waals surface area contributed by atoms with Gasteiger partial charge in [-0.1, -0.05) is 0 Å². The van der Waals surface area contributed by atoms with Gasteiger partial charge < -0.3 is 15.4 Å². The monoisotopic (exact) mass is 387 g/mol. The Bertz CT molecular complexity index is 912. The number of hydrogen-bond donors (Lipinski definition) is 2. The molecule has 1 amide bonds. The molecule has 0 radical (unpaired) electrons. The van der Waals surface area contributed by atoms with Gasteiger partial charge in [0.15, 0.2) is 0 Å². The number of hydrogen-bond acceptors (Lipinski definition) is 4. The smallest absolute Gasteiger partial charge is 0.416 e. The molecule has 1 heterocycles. The number of nitrogens with zero attached hydrogens (tertiary/aromatic N) is 1. The molecular formula is C20H16F3N3O2. The summed E-state index contributed by atoms with van der Waals surface area (Å²) in [6.45, 7) is -0.0361. The van der Waals surface area contributed by atoms with Gasteiger partial charge in [-0.05, 0) is 60.7 Å². The molecule has 5 nitrogen and oxygen atoms in total. The number of rotatable bonds is 6. The maximum atomic E-state index is 12.5. The Hall–Kier alpha value is -3.55. The molecule has 0 saturated heterocycles. The van der Waals surface area contributed by atoms with Crippen LogP contribution in [0.4, 0.5) is 24.5 Å². The quantitative estimate of drug-likeness (QED) is 0.629. The minimum absolute atomic E-state index is 0.0361. The van der Waals surface area contributed by atoms with Crippen molar-refractivity contribution in [1.29, 1.82) is 0 Å². The summed E-state index contributed by atoms with van der Waals surface area (Å²) in [6.07, 6.45) is -1.15. The molecule has 144 valence electrons. The Morgan fingerprint density at radius 1 is 0.857 bits per heavy atom. The first-order chi connectivity index (χ1) is 13.4. The SMILES string of the molecule is O=C(CNc1ccc(Oc2ccncc2)cc1)Nc1ccc(C(F)(F)F)cc1. The number of amides is 1. The van der Waals surface area contributed by atoms with Gasteiger partial charge in [0.25, 0.3) is 0 Å². The predicted molar refractivity (Wildman–Crippen MR) is 99.3 cm³/mol. The lowest BCUT2D eigenvalue weighted by Gasteiger charge is -2.10. The van der Waals surface area contributed by atoms with Crippen LogP contribution >= 0.6 is 0 Å². The summed E-state index contributed by atoms with van der Waals surface area (Å²) in [5.74, 6) is 0.912. The minimum atomic E-state index is -4.41. The number of ether oxygens (including phenoxy) is 1. The van der Waals surface area contributed by atoms with Crippen LogP contribution in [0.1, 0.15) is 5.56 Å². The van der Waals surface area contributed by atoms with Crippen molar-refractivity contribution in [3.8, 4) is 11.5 Å². The van der Waals surface area contributed by atoms with Gasteiger partial charge in [0, 0.05) is 23.8 Å². The zero-order chi connectivity index (χ0) is 20.0. The minimum Gasteiger partial charge on any atom is -0.457 e. The van der Waals surface area contributed by atoms with E-state index in [1.807, 2.05) is 0 Å². The van der Waals surface area contributed by atoms with E-state index in [-0.39, 0.29) is 12.5 Å². The fourth-order valence-electron chi connectivity index (χ4n) is 2.31. The highest BCUT2D eigenvalue weighted by Gasteiger charge is 2.29. The van der Waals surface area contributed by atoms with E-state index in [0.29, 0.717) is 22.9 Å². The largest absolute Gasteiger partial charge is 0.457 e. The fraction of sp³-hybridized carbons (Fsp3) is 0.100. The maximum Gasteiger partial charge on any atom is 0.416 e. The van der Waals surface area contributed by atoms with Gasteiger partial charge in [-0.3, -0.25) is 9.78 Å². The van der Waals surface area contributed by atoms with Crippen LogP contribution in [-0.2, 0) is 11.0 Å². The number of carbonyl (C=O) groups is 1. The first-order valence-electron chi connectivity index (χ1n) is 8.29. The molecule has 0 aliphatic heterocycles. The molecule has 0 bridgehead atoms. The maximum absolute atomic E-state index is 12.5. The van der Waals surface area contributed by atoms with Crippen LogP contribution in [0.25, 0.3) is 0 Å². The van der Waals surface area contributed by atoms with Crippen LogP contribution in [0.2, 0.25) is 0 Å². The summed E-state index contributed by atoms with van der Waals surface area (Å²) in [6, 6.07) is 14.7. The number of aromatic nitrogens is 1. The molecule has 0 fully saturated rings. The zero-order valence-corrected chi connectivity index (χ0v) is 14.5. The van der Waals surface area contributed by atoms with Crippen molar-refractivity contribution in [2.24, 2.45) is 0 Å². The summed E-state index contributed by atoms with van der Waals surface area (Å²) >= 11 is 0. The Balaban J connectivity index is 1.49. The van der Waals surface area contributed by atoms with E-state index in [9.17, 15) is 18.0 Å². The molecular weight excluding hydrogens is 371 g/mol. The van der Waals surface area contributed by atoms with Gasteiger partial charge in [-0.25, -0.2) is 0 Å². The van der Waals surface area contributed by atoms with Crippen LogP contribution < -0.4 is 15.4 Å². The molecule has 0 saturated carbocycles. The molecule has 0 aliphatic carbocycles. The lowest BCUT2D eigenvalue weighted by atomic mass is 10.2. The van der Waals surface area contributed by atoms with Crippen LogP contribution in [0.5, 0.6) is 11.5 Å². The third-order valence-electron chi connectivity index (χ3n) is 3.69. The molecule has 0 aliphatic rings. The molecule has 2 aromatic carbocycles. The lowest BCUT2D eigenvalue weighted by Crippen LogP contribution is -2.21. The average molecular weight is 387 g/mol. The molecule has 8 heteroatoms. The van der Waals surface area contributed by atoms with Crippen molar-refractivity contribution >= 4 is 17.3 Å². The van der Waals surface area contributed by atoms with Crippen molar-refractivity contribution < 1.29 is 22.7 Å². The van der Waals surface area contributed by atoms with Gasteiger partial charge >= 0.3 is 6.18 Å². The van der Waals surface area contributed by atoms with E-state index in [0.717, 1.165) is 12.1 Å². The second-order valence-electron chi connectivity index (χ2n) is 5.79. The molecule has 28 heavy (non-hydrogen) atoms. The van der Waals surface area contributed by atoms with Crippen molar-refractivity contribution in [1.82, 2.24) is 4.98 Å². The lowest BCUT2D eigenvalue weighted by molar-refractivity contribution is -0.137. The predicted octanol–water partition coefficient (Wildman–Crippen LogP) is 4.94. The van der Waals surface area contributed by atoms with E-state index >= 15 is 0 Å². The van der Waals surface area contributed by atoms with Gasteiger partial charge in [-0.2, -0.15) is 13.2 Å². The first kappa shape index (κ1) is 19.2. The standard InChI is InChI=1S/C20H16F3N3O2/c21-20(22,23)14-1-3-16(4-2-14)26-19(27)13-25-15-5-7-17(8-6-15)28-18-9-11-24-12-10-18/h1-12,25H,13H2,(H,26,27). The highest BCUT2D eigenvalue weighted by Crippen LogP contribution is 2.29. The second kappa shape index (κ2) is 8.43. The van der Waals surface area contributed by atoms with Crippen LogP contribution in [0.15, 0.2) is 73.1 Å². The number of alkyl halides is 3. The van der Waals surface area contributed by atoms with Gasteiger partial charge in [-0.15, -0.1) is 0 Å². The van der Waals surface area contributed by atoms with Crippen LogP contribution in [0.3, 0.4) is 0 Å². The highest BCUT2D eigenvalue weighted by molar-refractivity contribution is 5.93. The van der Waals surface area contributed by atoms with Crippen molar-refractivity contribution in [3.05, 3.63) is 78.6 Å². The van der Waals surface area contributed by atoms with E-state index in [1.165, 1.54) is 12.1 Å². The molecule has 0 unspecified atom stereocenters. The number of pyridine rings is 1. The second-order valence-corrected chi connectivity index (χ2v) is 5.79. The number of benzene rings is 2. The molecule has 3 aromatic rings. The summed E-state index contributed by atoms with van der Waals surface area (Å²) in [4.78, 5) is 15.9. The van der Waals surface area contributed by atoms with E-state index in [4.69, 9.17) is 4.74 Å². The molecule has 0 atom stereocenters. The fourth-order valence-corrected chi connectivity index (χ4v) is 2.31. The number of carbonyl (C=O) groups excluding carboxylic acids is 1. The van der Waals surface area contributed by atoms with E-state index < -0.39 is 11.7 Å². The van der Waals surface area contributed by atoms with Gasteiger partial charge in [0.2, 0.25) is 5.91 Å². The molecule has 3 rings (SSSR count). The number of anilines is 2. The molecule has 0 spiro atoms. The summed E-state index contributed by atoms with van der Waals surface area (Å²) in [5, 5.41) is 5.47. The topological polar surface area (TPSA) is 63.2 Å². The van der Waals surface area contributed by atoms with E-state index in [1.54, 1.807) is 48.8 Å². The summed E-state index contributed by atoms with van der Waals surface area (Å²) in [5.41, 5.74) is 0.225. The number of halogens is 3. The Kier molecular flexibility index (Phi) is 5.78. The van der Waals surface area contributed by atoms with Crippen LogP contribution in [0, 0.1) is 0 Å². The van der Waals surface area contributed by atoms with Gasteiger partial charge in [0.05, 0.1) is 12.1 Å². The average Bonchev–Trinajstić information content (AvgIpc) is 2.68. The van der Waals surface area contributed by atoms with E-state index in [2.05, 4.69) is 15.6 Å². The summed E-state index contributed by atoms with van der Waals surface area (Å²) in [7, 11) is 0. The van der Waals surface area contributed by atoms with Crippen molar-refractivity contribution in [2.75, 3.05) is 17.2 Å². The highest BCUT2D eigenvalue weighted by atomic mass is 19.4. The Labute approximate surface area is 159 Å². The third-order valence-corrected chi connectivity index (χ3v) is 3.69. The zero-order valence-electron chi connectivity index (χ0n) is 14.5. The van der Waals surface area contributed by atoms with Crippen LogP contribution in [-0.4, -0.2) is 17.4 Å². The van der Waals surface area contributed by atoms with Gasteiger partial charge in [0.1, 0.15) is 11.5 Å². The normalized spacial score (nSPS) is 11.0. The molecule has 2 N–H and O–H groups in total. The molecule has 1 aromatic heterocycles. The Morgan fingerprint density at radius 3 is 2.04 bits per heavy atom. The third kappa shape index (κ3) is 5.47. The Morgan fingerprint density at radius 2 is 1.43 bits per heavy atom. The first-order valence-corrected chi connectivity index (χ1v) is 8.29.